The van der Waals surface area contributed by atoms with E-state index >= 15 is 0 Å². The van der Waals surface area contributed by atoms with Crippen LogP contribution in [0, 0.1) is 18.3 Å². The molecule has 0 radical (unpaired) electrons. The van der Waals surface area contributed by atoms with Crippen molar-refractivity contribution in [2.24, 2.45) is 0 Å². The average molecular weight is 310 g/mol. The first-order chi connectivity index (χ1) is 10.4. The van der Waals surface area contributed by atoms with E-state index in [1.165, 1.54) is 6.07 Å². The molecule has 0 N–H and O–H groups in total. The minimum atomic E-state index is -4.66. The number of aryl methyl sites for hydroxylation is 2. The number of hydrogen-bond acceptors (Lipinski definition) is 4. The van der Waals surface area contributed by atoms with Crippen LogP contribution in [0.5, 0.6) is 5.75 Å². The number of aromatic nitrogens is 3. The fraction of sp³-hybridized carbons (Fsp3) is 0.357. The molecule has 0 aliphatic heterocycles. The van der Waals surface area contributed by atoms with Crippen LogP contribution in [-0.2, 0) is 12.7 Å². The molecule has 5 nitrogen and oxygen atoms in total. The summed E-state index contributed by atoms with van der Waals surface area (Å²) in [5.74, 6) is 0.651. The summed E-state index contributed by atoms with van der Waals surface area (Å²) in [6.45, 7) is 2.15. The van der Waals surface area contributed by atoms with Crippen molar-refractivity contribution < 1.29 is 17.9 Å². The van der Waals surface area contributed by atoms with Crippen LogP contribution >= 0.6 is 0 Å². The Kier molecular flexibility index (Phi) is 4.65. The Hall–Kier alpha value is -2.56. The quantitative estimate of drug-likeness (QED) is 0.797. The van der Waals surface area contributed by atoms with Gasteiger partial charge in [0.05, 0.1) is 6.61 Å². The van der Waals surface area contributed by atoms with E-state index in [2.05, 4.69) is 10.3 Å². The maximum atomic E-state index is 12.9. The van der Waals surface area contributed by atoms with Crippen molar-refractivity contribution in [3.05, 3.63) is 41.2 Å². The van der Waals surface area contributed by atoms with E-state index in [9.17, 15) is 13.2 Å². The molecule has 2 rings (SSSR count). The van der Waals surface area contributed by atoms with E-state index in [-0.39, 0.29) is 13.2 Å². The highest BCUT2D eigenvalue weighted by molar-refractivity contribution is 5.27. The number of nitriles is 1. The zero-order valence-electron chi connectivity index (χ0n) is 11.8. The van der Waals surface area contributed by atoms with Crippen molar-refractivity contribution in [1.82, 2.24) is 15.0 Å². The van der Waals surface area contributed by atoms with Crippen LogP contribution < -0.4 is 4.74 Å². The highest BCUT2D eigenvalue weighted by Gasteiger charge is 2.39. The molecule has 1 heterocycles. The monoisotopic (exact) mass is 310 g/mol. The third kappa shape index (κ3) is 3.75. The summed E-state index contributed by atoms with van der Waals surface area (Å²) in [6.07, 6.45) is -4.35. The topological polar surface area (TPSA) is 63.7 Å². The van der Waals surface area contributed by atoms with Crippen molar-refractivity contribution in [3.8, 4) is 11.8 Å². The van der Waals surface area contributed by atoms with Crippen LogP contribution in [-0.4, -0.2) is 21.6 Å². The first kappa shape index (κ1) is 15.8. The fourth-order valence-corrected chi connectivity index (χ4v) is 1.86. The molecule has 116 valence electrons. The molecule has 0 amide bonds. The van der Waals surface area contributed by atoms with Crippen LogP contribution in [0.25, 0.3) is 0 Å². The lowest BCUT2D eigenvalue weighted by molar-refractivity contribution is -0.144. The van der Waals surface area contributed by atoms with Crippen molar-refractivity contribution in [2.45, 2.75) is 26.1 Å². The largest absolute Gasteiger partial charge is 0.494 e. The van der Waals surface area contributed by atoms with Crippen LogP contribution in [0.4, 0.5) is 13.2 Å². The lowest BCUT2D eigenvalue weighted by Crippen LogP contribution is -2.17. The van der Waals surface area contributed by atoms with Gasteiger partial charge in [0.2, 0.25) is 0 Å². The molecule has 0 atom stereocenters. The number of halogens is 3. The van der Waals surface area contributed by atoms with E-state index in [0.717, 1.165) is 5.56 Å². The van der Waals surface area contributed by atoms with Gasteiger partial charge < -0.3 is 4.74 Å². The molecule has 0 aliphatic carbocycles. The lowest BCUT2D eigenvalue weighted by Gasteiger charge is -2.10. The Morgan fingerprint density at radius 1 is 1.27 bits per heavy atom. The molecular formula is C14H13F3N4O. The number of alkyl halides is 3. The summed E-state index contributed by atoms with van der Waals surface area (Å²) in [5, 5.41) is 15.3. The molecule has 1 aromatic carbocycles. The maximum Gasteiger partial charge on any atom is 0.436 e. The number of hydrogen-bond donors (Lipinski definition) is 0. The molecule has 1 aromatic heterocycles. The van der Waals surface area contributed by atoms with E-state index in [1.807, 2.05) is 19.1 Å². The Morgan fingerprint density at radius 2 is 1.95 bits per heavy atom. The van der Waals surface area contributed by atoms with Gasteiger partial charge in [0.25, 0.3) is 0 Å². The van der Waals surface area contributed by atoms with E-state index in [0.29, 0.717) is 16.9 Å². The van der Waals surface area contributed by atoms with Gasteiger partial charge in [0, 0.05) is 13.0 Å². The van der Waals surface area contributed by atoms with Gasteiger partial charge in [0.1, 0.15) is 11.8 Å². The maximum absolute atomic E-state index is 12.9. The summed E-state index contributed by atoms with van der Waals surface area (Å²) < 4.78 is 44.7. The van der Waals surface area contributed by atoms with Crippen LogP contribution in [0.2, 0.25) is 0 Å². The summed E-state index contributed by atoms with van der Waals surface area (Å²) in [6, 6.07) is 8.75. The molecule has 0 saturated heterocycles. The predicted molar refractivity (Wildman–Crippen MR) is 71.0 cm³/mol. The van der Waals surface area contributed by atoms with Gasteiger partial charge in [-0.25, -0.2) is 4.68 Å². The first-order valence-corrected chi connectivity index (χ1v) is 6.52. The predicted octanol–water partition coefficient (Wildman–Crippen LogP) is 2.95. The zero-order chi connectivity index (χ0) is 16.2. The minimum Gasteiger partial charge on any atom is -0.494 e. The molecule has 0 unspecified atom stereocenters. The van der Waals surface area contributed by atoms with Gasteiger partial charge >= 0.3 is 6.18 Å². The van der Waals surface area contributed by atoms with E-state index in [1.54, 1.807) is 12.1 Å². The standard InChI is InChI=1S/C14H13F3N4O/c1-10-3-5-11(6-4-10)22-8-2-7-21-13(14(15,16)17)12(9-18)19-20-21/h3-6H,2,7-8H2,1H3. The molecule has 22 heavy (non-hydrogen) atoms. The molecule has 2 aromatic rings. The fourth-order valence-electron chi connectivity index (χ4n) is 1.86. The minimum absolute atomic E-state index is 0.0324. The molecule has 0 spiro atoms. The molecule has 0 aliphatic rings. The van der Waals surface area contributed by atoms with Gasteiger partial charge in [-0.05, 0) is 19.1 Å². The number of benzene rings is 1. The Bertz CT molecular complexity index is 671. The average Bonchev–Trinajstić information content (AvgIpc) is 2.88. The number of rotatable bonds is 5. The SMILES string of the molecule is Cc1ccc(OCCCn2nnc(C#N)c2C(F)(F)F)cc1. The number of nitrogens with zero attached hydrogens (tertiary/aromatic N) is 4. The summed E-state index contributed by atoms with van der Waals surface area (Å²) >= 11 is 0. The van der Waals surface area contributed by atoms with Crippen LogP contribution in [0.3, 0.4) is 0 Å². The van der Waals surface area contributed by atoms with Crippen molar-refractivity contribution in [2.75, 3.05) is 6.61 Å². The van der Waals surface area contributed by atoms with Gasteiger partial charge in [-0.15, -0.1) is 5.10 Å². The van der Waals surface area contributed by atoms with E-state index in [4.69, 9.17) is 10.00 Å². The highest BCUT2D eigenvalue weighted by Crippen LogP contribution is 2.30. The van der Waals surface area contributed by atoms with Crippen molar-refractivity contribution in [1.29, 1.82) is 5.26 Å². The first-order valence-electron chi connectivity index (χ1n) is 6.52. The molecular weight excluding hydrogens is 297 g/mol. The molecule has 0 fully saturated rings. The Labute approximate surface area is 124 Å². The highest BCUT2D eigenvalue weighted by atomic mass is 19.4. The van der Waals surface area contributed by atoms with Crippen LogP contribution in [0.15, 0.2) is 24.3 Å². The second-order valence-electron chi connectivity index (χ2n) is 4.63. The lowest BCUT2D eigenvalue weighted by atomic mass is 10.2. The third-order valence-electron chi connectivity index (χ3n) is 2.91. The normalized spacial score (nSPS) is 11.2. The van der Waals surface area contributed by atoms with Gasteiger partial charge in [-0.1, -0.05) is 22.9 Å². The summed E-state index contributed by atoms with van der Waals surface area (Å²) in [4.78, 5) is 0. The second-order valence-corrected chi connectivity index (χ2v) is 4.63. The number of ether oxygens (including phenoxy) is 1. The third-order valence-corrected chi connectivity index (χ3v) is 2.91. The molecule has 0 bridgehead atoms. The second kappa shape index (κ2) is 6.47. The van der Waals surface area contributed by atoms with E-state index < -0.39 is 17.6 Å². The summed E-state index contributed by atoms with van der Waals surface area (Å²) in [5.41, 5.74) is -0.744. The van der Waals surface area contributed by atoms with Crippen LogP contribution in [0.1, 0.15) is 23.4 Å². The molecule has 0 saturated carbocycles. The van der Waals surface area contributed by atoms with Gasteiger partial charge in [-0.2, -0.15) is 18.4 Å². The van der Waals surface area contributed by atoms with Gasteiger partial charge in [0.15, 0.2) is 11.4 Å². The van der Waals surface area contributed by atoms with Gasteiger partial charge in [-0.3, -0.25) is 0 Å². The Morgan fingerprint density at radius 3 is 2.55 bits per heavy atom. The van der Waals surface area contributed by atoms with Crippen molar-refractivity contribution in [3.63, 3.8) is 0 Å². The smallest absolute Gasteiger partial charge is 0.436 e. The zero-order valence-corrected chi connectivity index (χ0v) is 11.8. The summed E-state index contributed by atoms with van der Waals surface area (Å²) in [7, 11) is 0. The van der Waals surface area contributed by atoms with Crippen molar-refractivity contribution >= 4 is 0 Å². The molecule has 8 heteroatoms. The Balaban J connectivity index is 1.94.